The zero-order valence-electron chi connectivity index (χ0n) is 15.4. The largest absolute Gasteiger partial charge is 0.466 e. The summed E-state index contributed by atoms with van der Waals surface area (Å²) in [5.74, 6) is 2.90. The molecule has 0 saturated heterocycles. The summed E-state index contributed by atoms with van der Waals surface area (Å²) in [6.07, 6.45) is 1.56. The Morgan fingerprint density at radius 1 is 1.07 bits per heavy atom. The zero-order chi connectivity index (χ0) is 20.5. The van der Waals surface area contributed by atoms with Gasteiger partial charge in [0.15, 0.2) is 0 Å². The lowest BCUT2D eigenvalue weighted by Crippen LogP contribution is -1.86. The van der Waals surface area contributed by atoms with Gasteiger partial charge in [-0.1, -0.05) is 11.6 Å². The Kier molecular flexibility index (Phi) is 4.77. The molecule has 0 spiro atoms. The molecule has 3 heterocycles. The van der Waals surface area contributed by atoms with Crippen molar-refractivity contribution in [3.05, 3.63) is 75.8 Å². The molecular weight excluding hydrogens is 398 g/mol. The van der Waals surface area contributed by atoms with E-state index in [4.69, 9.17) is 24.9 Å². The molecule has 4 aromatic rings. The summed E-state index contributed by atoms with van der Waals surface area (Å²) in [7, 11) is 0. The number of benzene rings is 1. The molecule has 3 aromatic heterocycles. The predicted molar refractivity (Wildman–Crippen MR) is 106 cm³/mol. The van der Waals surface area contributed by atoms with Gasteiger partial charge in [0.05, 0.1) is 10.5 Å². The van der Waals surface area contributed by atoms with Crippen molar-refractivity contribution in [1.29, 1.82) is 0 Å². The van der Waals surface area contributed by atoms with Gasteiger partial charge in [-0.25, -0.2) is 0 Å². The predicted octanol–water partition coefficient (Wildman–Crippen LogP) is 5.85. The van der Waals surface area contributed by atoms with Crippen molar-refractivity contribution in [3.8, 4) is 22.8 Å². The van der Waals surface area contributed by atoms with Crippen LogP contribution in [0.3, 0.4) is 0 Å². The number of rotatable bonds is 5. The lowest BCUT2D eigenvalue weighted by atomic mass is 10.1. The second-order valence-corrected chi connectivity index (χ2v) is 6.64. The molecule has 146 valence electrons. The fraction of sp³-hybridized carbons (Fsp3) is 0.100. The number of aromatic nitrogens is 2. The van der Waals surface area contributed by atoms with Crippen LogP contribution in [0.25, 0.3) is 33.9 Å². The van der Waals surface area contributed by atoms with Crippen LogP contribution >= 0.6 is 11.6 Å². The maximum Gasteiger partial charge on any atom is 0.269 e. The highest BCUT2D eigenvalue weighted by molar-refractivity contribution is 6.50. The van der Waals surface area contributed by atoms with Crippen LogP contribution in [0, 0.1) is 24.0 Å². The summed E-state index contributed by atoms with van der Waals surface area (Å²) in [6.45, 7) is 3.65. The molecular formula is C20H14ClN3O5. The smallest absolute Gasteiger partial charge is 0.269 e. The van der Waals surface area contributed by atoms with E-state index in [1.807, 2.05) is 19.9 Å². The molecule has 0 aliphatic heterocycles. The number of furan rings is 2. The summed E-state index contributed by atoms with van der Waals surface area (Å²) in [5, 5.41) is 18.9. The van der Waals surface area contributed by atoms with Crippen molar-refractivity contribution in [3.63, 3.8) is 0 Å². The van der Waals surface area contributed by atoms with E-state index in [9.17, 15) is 10.1 Å². The summed E-state index contributed by atoms with van der Waals surface area (Å²) in [6, 6.07) is 11.3. The summed E-state index contributed by atoms with van der Waals surface area (Å²) in [5.41, 5.74) is 1.43. The molecule has 0 atom stereocenters. The Hall–Kier alpha value is -3.65. The van der Waals surface area contributed by atoms with E-state index in [1.54, 1.807) is 30.3 Å². The van der Waals surface area contributed by atoms with Crippen molar-refractivity contribution < 1.29 is 18.2 Å². The van der Waals surface area contributed by atoms with Crippen molar-refractivity contribution in [1.82, 2.24) is 10.2 Å². The molecule has 0 aliphatic rings. The van der Waals surface area contributed by atoms with Crippen LogP contribution in [0.1, 0.15) is 23.2 Å². The topological polar surface area (TPSA) is 108 Å². The number of hydrogen-bond acceptors (Lipinski definition) is 7. The van der Waals surface area contributed by atoms with Gasteiger partial charge >= 0.3 is 0 Å². The van der Waals surface area contributed by atoms with Gasteiger partial charge in [-0.2, -0.15) is 0 Å². The van der Waals surface area contributed by atoms with E-state index in [1.165, 1.54) is 12.1 Å². The minimum Gasteiger partial charge on any atom is -0.466 e. The zero-order valence-corrected chi connectivity index (χ0v) is 16.1. The van der Waals surface area contributed by atoms with Crippen LogP contribution in [0.5, 0.6) is 0 Å². The third-order valence-electron chi connectivity index (χ3n) is 4.16. The number of halogens is 1. The second-order valence-electron chi connectivity index (χ2n) is 6.24. The number of aryl methyl sites for hydroxylation is 2. The molecule has 0 aliphatic carbocycles. The molecule has 8 nitrogen and oxygen atoms in total. The van der Waals surface area contributed by atoms with Gasteiger partial charge in [0.1, 0.15) is 28.1 Å². The SMILES string of the molecule is Cc1cc(-c2nnc(/C(Cl)=C/c3ccc(-c4ccc([N+](=O)[O-])cc4)o3)o2)c(C)o1. The molecule has 0 bridgehead atoms. The molecule has 0 amide bonds. The van der Waals surface area contributed by atoms with E-state index in [0.29, 0.717) is 34.3 Å². The number of nitrogens with zero attached hydrogens (tertiary/aromatic N) is 3. The van der Waals surface area contributed by atoms with Crippen molar-refractivity contribution in [2.24, 2.45) is 0 Å². The van der Waals surface area contributed by atoms with E-state index < -0.39 is 4.92 Å². The van der Waals surface area contributed by atoms with Crippen LogP contribution in [0.15, 0.2) is 55.7 Å². The highest BCUT2D eigenvalue weighted by atomic mass is 35.5. The fourth-order valence-electron chi connectivity index (χ4n) is 2.79. The van der Waals surface area contributed by atoms with E-state index in [-0.39, 0.29) is 16.6 Å². The quantitative estimate of drug-likeness (QED) is 0.299. The molecule has 4 rings (SSSR count). The second kappa shape index (κ2) is 7.40. The van der Waals surface area contributed by atoms with Gasteiger partial charge in [0, 0.05) is 23.8 Å². The van der Waals surface area contributed by atoms with Gasteiger partial charge in [0.25, 0.3) is 17.5 Å². The van der Waals surface area contributed by atoms with Crippen molar-refractivity contribution in [2.75, 3.05) is 0 Å². The lowest BCUT2D eigenvalue weighted by molar-refractivity contribution is -0.384. The molecule has 1 aromatic carbocycles. The summed E-state index contributed by atoms with van der Waals surface area (Å²) < 4.78 is 16.8. The first-order chi connectivity index (χ1) is 13.9. The van der Waals surface area contributed by atoms with Crippen LogP contribution in [0.2, 0.25) is 0 Å². The van der Waals surface area contributed by atoms with E-state index >= 15 is 0 Å². The maximum atomic E-state index is 10.8. The van der Waals surface area contributed by atoms with Gasteiger partial charge in [-0.15, -0.1) is 10.2 Å². The van der Waals surface area contributed by atoms with Crippen molar-refractivity contribution in [2.45, 2.75) is 13.8 Å². The minimum absolute atomic E-state index is 0.0127. The van der Waals surface area contributed by atoms with Crippen LogP contribution in [0.4, 0.5) is 5.69 Å². The summed E-state index contributed by atoms with van der Waals surface area (Å²) >= 11 is 6.30. The fourth-order valence-corrected chi connectivity index (χ4v) is 2.98. The first kappa shape index (κ1) is 18.7. The lowest BCUT2D eigenvalue weighted by Gasteiger charge is -1.96. The Morgan fingerprint density at radius 3 is 2.48 bits per heavy atom. The normalized spacial score (nSPS) is 11.8. The third kappa shape index (κ3) is 3.83. The number of non-ortho nitro benzene ring substituents is 1. The number of nitro benzene ring substituents is 1. The molecule has 29 heavy (non-hydrogen) atoms. The standard InChI is InChI=1S/C20H14ClN3O5/c1-11-9-16(12(2)27-11)19-22-23-20(29-19)17(21)10-15-7-8-18(28-15)13-3-5-14(6-4-13)24(25)26/h3-10H,1-2H3/b17-10-. The maximum absolute atomic E-state index is 10.8. The van der Waals surface area contributed by atoms with Crippen LogP contribution in [-0.2, 0) is 0 Å². The Morgan fingerprint density at radius 2 is 1.83 bits per heavy atom. The van der Waals surface area contributed by atoms with Gasteiger partial charge in [-0.05, 0) is 44.2 Å². The number of nitro groups is 1. The van der Waals surface area contributed by atoms with E-state index in [0.717, 1.165) is 5.76 Å². The molecule has 9 heteroatoms. The molecule has 0 saturated carbocycles. The molecule has 0 N–H and O–H groups in total. The Bertz CT molecular complexity index is 1220. The minimum atomic E-state index is -0.454. The highest BCUT2D eigenvalue weighted by Crippen LogP contribution is 2.30. The van der Waals surface area contributed by atoms with Crippen molar-refractivity contribution >= 4 is 28.4 Å². The Balaban J connectivity index is 1.56. The average Bonchev–Trinajstić information content (AvgIpc) is 3.41. The van der Waals surface area contributed by atoms with Crippen LogP contribution in [-0.4, -0.2) is 15.1 Å². The molecule has 0 fully saturated rings. The van der Waals surface area contributed by atoms with Gasteiger partial charge < -0.3 is 13.3 Å². The monoisotopic (exact) mass is 411 g/mol. The average molecular weight is 412 g/mol. The Labute approximate surface area is 169 Å². The first-order valence-electron chi connectivity index (χ1n) is 8.54. The van der Waals surface area contributed by atoms with Gasteiger partial charge in [0.2, 0.25) is 0 Å². The number of hydrogen-bond donors (Lipinski definition) is 0. The van der Waals surface area contributed by atoms with Gasteiger partial charge in [-0.3, -0.25) is 10.1 Å². The van der Waals surface area contributed by atoms with E-state index in [2.05, 4.69) is 10.2 Å². The summed E-state index contributed by atoms with van der Waals surface area (Å²) in [4.78, 5) is 10.3. The van der Waals surface area contributed by atoms with Crippen LogP contribution < -0.4 is 0 Å². The molecule has 0 radical (unpaired) electrons. The first-order valence-corrected chi connectivity index (χ1v) is 8.91. The molecule has 0 unspecified atom stereocenters. The highest BCUT2D eigenvalue weighted by Gasteiger charge is 2.16. The third-order valence-corrected chi connectivity index (χ3v) is 4.43.